The van der Waals surface area contributed by atoms with Crippen LogP contribution in [-0.4, -0.2) is 61.7 Å². The zero-order chi connectivity index (χ0) is 18.9. The normalized spacial score (nSPS) is 18.6. The maximum absolute atomic E-state index is 12.6. The number of halogens is 2. The Bertz CT molecular complexity index is 819. The van der Waals surface area contributed by atoms with Crippen LogP contribution in [0.1, 0.15) is 18.4 Å². The molecule has 1 saturated carbocycles. The maximum Gasteiger partial charge on any atom is 0.311 e. The summed E-state index contributed by atoms with van der Waals surface area (Å²) < 4.78 is 26.5. The van der Waals surface area contributed by atoms with Crippen LogP contribution in [0, 0.1) is 0 Å². The molecule has 0 spiro atoms. The van der Waals surface area contributed by atoms with Crippen molar-refractivity contribution in [2.45, 2.75) is 24.6 Å². The van der Waals surface area contributed by atoms with Gasteiger partial charge in [-0.3, -0.25) is 9.59 Å². The van der Waals surface area contributed by atoms with Crippen LogP contribution in [0.4, 0.5) is 0 Å². The van der Waals surface area contributed by atoms with Gasteiger partial charge < -0.3 is 10.2 Å². The first-order valence-corrected chi connectivity index (χ1v) is 10.6. The number of carbonyl (C=O) groups is 2. The van der Waals surface area contributed by atoms with Crippen LogP contribution in [-0.2, 0) is 25.4 Å². The number of rotatable bonds is 4. The smallest absolute Gasteiger partial charge is 0.311 e. The van der Waals surface area contributed by atoms with Crippen LogP contribution < -0.4 is 5.32 Å². The highest BCUT2D eigenvalue weighted by Crippen LogP contribution is 2.24. The van der Waals surface area contributed by atoms with Gasteiger partial charge in [-0.1, -0.05) is 29.3 Å². The molecule has 26 heavy (non-hydrogen) atoms. The summed E-state index contributed by atoms with van der Waals surface area (Å²) in [5.41, 5.74) is 0.543. The average molecular weight is 420 g/mol. The van der Waals surface area contributed by atoms with Gasteiger partial charge >= 0.3 is 11.8 Å². The number of carbonyl (C=O) groups excluding carboxylic acids is 2. The summed E-state index contributed by atoms with van der Waals surface area (Å²) in [4.78, 5) is 25.3. The van der Waals surface area contributed by atoms with Gasteiger partial charge in [-0.15, -0.1) is 0 Å². The Kier molecular flexibility index (Phi) is 5.76. The van der Waals surface area contributed by atoms with Crippen molar-refractivity contribution in [2.75, 3.05) is 26.2 Å². The highest BCUT2D eigenvalue weighted by Gasteiger charge is 2.33. The Labute approximate surface area is 162 Å². The summed E-state index contributed by atoms with van der Waals surface area (Å²) in [6.45, 7) is 0.702. The van der Waals surface area contributed by atoms with Gasteiger partial charge in [0.15, 0.2) is 0 Å². The van der Waals surface area contributed by atoms with E-state index in [-0.39, 0.29) is 38.0 Å². The van der Waals surface area contributed by atoms with Crippen LogP contribution in [0.5, 0.6) is 0 Å². The van der Waals surface area contributed by atoms with E-state index in [0.29, 0.717) is 15.6 Å². The van der Waals surface area contributed by atoms with Gasteiger partial charge in [0, 0.05) is 32.2 Å². The lowest BCUT2D eigenvalue weighted by atomic mass is 10.2. The van der Waals surface area contributed by atoms with E-state index >= 15 is 0 Å². The van der Waals surface area contributed by atoms with E-state index in [1.165, 1.54) is 15.3 Å². The number of nitrogens with zero attached hydrogens (tertiary/aromatic N) is 2. The number of hydrogen-bond donors (Lipinski definition) is 1. The van der Waals surface area contributed by atoms with Crippen molar-refractivity contribution >= 4 is 45.0 Å². The molecule has 1 heterocycles. The monoisotopic (exact) mass is 419 g/mol. The number of piperazine rings is 1. The molecule has 1 aliphatic carbocycles. The molecule has 2 aliphatic rings. The van der Waals surface area contributed by atoms with E-state index in [9.17, 15) is 18.0 Å². The fourth-order valence-corrected chi connectivity index (χ4v) is 4.54. The van der Waals surface area contributed by atoms with Gasteiger partial charge in [0.1, 0.15) is 0 Å². The molecule has 1 N–H and O–H groups in total. The molecule has 1 aromatic carbocycles. The van der Waals surface area contributed by atoms with E-state index in [2.05, 4.69) is 5.32 Å². The zero-order valence-electron chi connectivity index (χ0n) is 14.0. The fraction of sp³-hybridized carbons (Fsp3) is 0.500. The third-order valence-electron chi connectivity index (χ3n) is 4.36. The molecule has 0 radical (unpaired) electrons. The third kappa shape index (κ3) is 4.68. The zero-order valence-corrected chi connectivity index (χ0v) is 16.3. The molecule has 1 saturated heterocycles. The van der Waals surface area contributed by atoms with Gasteiger partial charge in [-0.25, -0.2) is 8.42 Å². The standard InChI is InChI=1S/C16H19Cl2N3O4S/c17-13-4-1-11(9-14(13)18)10-26(24,25)21-7-5-20(6-8-21)16(23)15(22)19-12-2-3-12/h1,4,9,12H,2-3,5-8,10H2,(H,19,22). The number of nitrogens with one attached hydrogen (secondary N) is 1. The second kappa shape index (κ2) is 7.72. The van der Waals surface area contributed by atoms with Crippen molar-refractivity contribution in [3.05, 3.63) is 33.8 Å². The lowest BCUT2D eigenvalue weighted by Crippen LogP contribution is -2.54. The molecule has 142 valence electrons. The maximum atomic E-state index is 12.6. The van der Waals surface area contributed by atoms with Crippen molar-refractivity contribution in [3.63, 3.8) is 0 Å². The van der Waals surface area contributed by atoms with Crippen molar-refractivity contribution in [3.8, 4) is 0 Å². The predicted octanol–water partition coefficient (Wildman–Crippen LogP) is 1.25. The summed E-state index contributed by atoms with van der Waals surface area (Å²) in [6, 6.07) is 4.82. The van der Waals surface area contributed by atoms with Crippen LogP contribution in [0.2, 0.25) is 10.0 Å². The third-order valence-corrected chi connectivity index (χ3v) is 6.95. The summed E-state index contributed by atoms with van der Waals surface area (Å²) >= 11 is 11.8. The van der Waals surface area contributed by atoms with Crippen LogP contribution in [0.25, 0.3) is 0 Å². The minimum atomic E-state index is -3.55. The molecular weight excluding hydrogens is 401 g/mol. The van der Waals surface area contributed by atoms with Crippen molar-refractivity contribution in [1.29, 1.82) is 0 Å². The first-order valence-electron chi connectivity index (χ1n) is 8.28. The summed E-state index contributed by atoms with van der Waals surface area (Å²) in [6.07, 6.45) is 1.81. The van der Waals surface area contributed by atoms with Crippen LogP contribution >= 0.6 is 23.2 Å². The van der Waals surface area contributed by atoms with E-state index in [4.69, 9.17) is 23.2 Å². The molecule has 3 rings (SSSR count). The largest absolute Gasteiger partial charge is 0.345 e. The average Bonchev–Trinajstić information content (AvgIpc) is 3.41. The minimum Gasteiger partial charge on any atom is -0.345 e. The molecule has 0 aromatic heterocycles. The molecule has 7 nitrogen and oxygen atoms in total. The molecule has 0 unspecified atom stereocenters. The highest BCUT2D eigenvalue weighted by atomic mass is 35.5. The number of amides is 2. The Hall–Kier alpha value is -1.35. The lowest BCUT2D eigenvalue weighted by Gasteiger charge is -2.33. The topological polar surface area (TPSA) is 86.8 Å². The molecule has 1 aliphatic heterocycles. The highest BCUT2D eigenvalue weighted by molar-refractivity contribution is 7.88. The van der Waals surface area contributed by atoms with E-state index < -0.39 is 21.8 Å². The Morgan fingerprint density at radius 2 is 1.73 bits per heavy atom. The van der Waals surface area contributed by atoms with Gasteiger partial charge in [0.05, 0.1) is 15.8 Å². The van der Waals surface area contributed by atoms with Gasteiger partial charge in [0.2, 0.25) is 10.0 Å². The minimum absolute atomic E-state index is 0.110. The Balaban J connectivity index is 1.56. The molecule has 2 fully saturated rings. The van der Waals surface area contributed by atoms with Crippen molar-refractivity contribution in [2.24, 2.45) is 0 Å². The first kappa shape index (κ1) is 19.4. The predicted molar refractivity (Wildman–Crippen MR) is 98.4 cm³/mol. The number of hydrogen-bond acceptors (Lipinski definition) is 4. The Morgan fingerprint density at radius 3 is 2.31 bits per heavy atom. The SMILES string of the molecule is O=C(NC1CC1)C(=O)N1CCN(S(=O)(=O)Cc2ccc(Cl)c(Cl)c2)CC1. The van der Waals surface area contributed by atoms with Crippen molar-refractivity contribution < 1.29 is 18.0 Å². The van der Waals surface area contributed by atoms with Crippen molar-refractivity contribution in [1.82, 2.24) is 14.5 Å². The molecular formula is C16H19Cl2N3O4S. The van der Waals surface area contributed by atoms with Gasteiger partial charge in [0.25, 0.3) is 0 Å². The van der Waals surface area contributed by atoms with E-state index in [0.717, 1.165) is 12.8 Å². The lowest BCUT2D eigenvalue weighted by molar-refractivity contribution is -0.146. The van der Waals surface area contributed by atoms with Crippen LogP contribution in [0.3, 0.4) is 0 Å². The molecule has 0 atom stereocenters. The summed E-state index contributed by atoms with van der Waals surface area (Å²) in [5.74, 6) is -1.40. The first-order chi connectivity index (χ1) is 12.3. The quantitative estimate of drug-likeness (QED) is 0.743. The second-order valence-electron chi connectivity index (χ2n) is 6.44. The second-order valence-corrected chi connectivity index (χ2v) is 9.23. The fourth-order valence-electron chi connectivity index (χ4n) is 2.72. The summed E-state index contributed by atoms with van der Waals surface area (Å²) in [5, 5.41) is 3.32. The van der Waals surface area contributed by atoms with Gasteiger partial charge in [-0.2, -0.15) is 4.31 Å². The summed E-state index contributed by atoms with van der Waals surface area (Å²) in [7, 11) is -3.55. The van der Waals surface area contributed by atoms with Gasteiger partial charge in [-0.05, 0) is 30.5 Å². The molecule has 0 bridgehead atoms. The Morgan fingerprint density at radius 1 is 1.08 bits per heavy atom. The van der Waals surface area contributed by atoms with E-state index in [1.807, 2.05) is 0 Å². The van der Waals surface area contributed by atoms with Crippen LogP contribution in [0.15, 0.2) is 18.2 Å². The van der Waals surface area contributed by atoms with E-state index in [1.54, 1.807) is 12.1 Å². The molecule has 1 aromatic rings. The molecule has 2 amide bonds. The molecule has 10 heteroatoms. The number of sulfonamides is 1. The number of benzene rings is 1.